The molecule has 3 nitrogen and oxygen atoms in total. The largest absolute Gasteiger partial charge is 0.496 e. The molecule has 0 atom stereocenters. The van der Waals surface area contributed by atoms with Crippen LogP contribution in [0.1, 0.15) is 27.0 Å². The summed E-state index contributed by atoms with van der Waals surface area (Å²) in [6.45, 7) is 5.46. The Kier molecular flexibility index (Phi) is 4.26. The summed E-state index contributed by atoms with van der Waals surface area (Å²) in [7, 11) is 1.60. The van der Waals surface area contributed by atoms with E-state index < -0.39 is 0 Å². The number of carbonyl (C=O) groups excluding carboxylic acids is 1. The van der Waals surface area contributed by atoms with E-state index >= 15 is 0 Å². The number of hydrogen-bond donors (Lipinski definition) is 1. The molecule has 0 fully saturated rings. The molecule has 0 heterocycles. The molecule has 110 valence electrons. The molecule has 1 N–H and O–H groups in total. The Morgan fingerprint density at radius 1 is 1.10 bits per heavy atom. The maximum Gasteiger partial charge on any atom is 0.255 e. The van der Waals surface area contributed by atoms with Crippen LogP contribution in [0.5, 0.6) is 5.75 Å². The minimum atomic E-state index is -0.320. The first-order valence-corrected chi connectivity index (χ1v) is 6.65. The molecule has 0 saturated heterocycles. The summed E-state index contributed by atoms with van der Waals surface area (Å²) in [6, 6.07) is 8.02. The fourth-order valence-electron chi connectivity index (χ4n) is 2.26. The Morgan fingerprint density at radius 2 is 1.81 bits per heavy atom. The molecular formula is C17H18FNO2. The highest BCUT2D eigenvalue weighted by atomic mass is 19.1. The zero-order valence-electron chi connectivity index (χ0n) is 12.6. The van der Waals surface area contributed by atoms with Crippen molar-refractivity contribution in [3.8, 4) is 5.75 Å². The Balaban J connectivity index is 2.29. The van der Waals surface area contributed by atoms with Gasteiger partial charge in [-0.15, -0.1) is 0 Å². The summed E-state index contributed by atoms with van der Waals surface area (Å²) < 4.78 is 18.6. The molecule has 0 radical (unpaired) electrons. The van der Waals surface area contributed by atoms with Crippen LogP contribution in [0.3, 0.4) is 0 Å². The van der Waals surface area contributed by atoms with Gasteiger partial charge in [0.1, 0.15) is 11.6 Å². The van der Waals surface area contributed by atoms with Crippen LogP contribution in [0.4, 0.5) is 10.1 Å². The van der Waals surface area contributed by atoms with Crippen molar-refractivity contribution in [2.45, 2.75) is 20.8 Å². The quantitative estimate of drug-likeness (QED) is 0.926. The summed E-state index contributed by atoms with van der Waals surface area (Å²) >= 11 is 0. The zero-order chi connectivity index (χ0) is 15.6. The third-order valence-electron chi connectivity index (χ3n) is 3.48. The van der Waals surface area contributed by atoms with E-state index in [1.165, 1.54) is 18.2 Å². The first-order valence-electron chi connectivity index (χ1n) is 6.65. The van der Waals surface area contributed by atoms with Crippen molar-refractivity contribution in [3.05, 3.63) is 58.4 Å². The summed E-state index contributed by atoms with van der Waals surface area (Å²) in [5.41, 5.74) is 3.42. The minimum Gasteiger partial charge on any atom is -0.496 e. The number of aryl methyl sites for hydroxylation is 2. The van der Waals surface area contributed by atoms with Gasteiger partial charge in [0, 0.05) is 16.8 Å². The number of nitrogens with one attached hydrogen (secondary N) is 1. The van der Waals surface area contributed by atoms with Crippen LogP contribution in [0.2, 0.25) is 0 Å². The van der Waals surface area contributed by atoms with Crippen molar-refractivity contribution in [2.24, 2.45) is 0 Å². The van der Waals surface area contributed by atoms with Crippen LogP contribution in [0.25, 0.3) is 0 Å². The second-order valence-corrected chi connectivity index (χ2v) is 5.01. The van der Waals surface area contributed by atoms with Gasteiger partial charge < -0.3 is 10.1 Å². The van der Waals surface area contributed by atoms with Crippen molar-refractivity contribution in [2.75, 3.05) is 12.4 Å². The third-order valence-corrected chi connectivity index (χ3v) is 3.48. The minimum absolute atomic E-state index is 0.271. The van der Waals surface area contributed by atoms with E-state index in [0.29, 0.717) is 16.8 Å². The summed E-state index contributed by atoms with van der Waals surface area (Å²) in [5.74, 6) is 0.162. The van der Waals surface area contributed by atoms with Gasteiger partial charge in [0.05, 0.1) is 7.11 Å². The number of halogens is 1. The topological polar surface area (TPSA) is 38.3 Å². The van der Waals surface area contributed by atoms with Crippen molar-refractivity contribution < 1.29 is 13.9 Å². The lowest BCUT2D eigenvalue weighted by atomic mass is 10.1. The number of ether oxygens (including phenoxy) is 1. The Labute approximate surface area is 123 Å². The lowest BCUT2D eigenvalue weighted by Gasteiger charge is -2.14. The molecule has 0 bridgehead atoms. The van der Waals surface area contributed by atoms with Gasteiger partial charge in [-0.2, -0.15) is 0 Å². The van der Waals surface area contributed by atoms with Crippen molar-refractivity contribution in [1.29, 1.82) is 0 Å². The number of benzene rings is 2. The van der Waals surface area contributed by atoms with Crippen molar-refractivity contribution in [3.63, 3.8) is 0 Å². The van der Waals surface area contributed by atoms with Gasteiger partial charge in [0.25, 0.3) is 5.91 Å². The molecule has 4 heteroatoms. The highest BCUT2D eigenvalue weighted by Crippen LogP contribution is 2.29. The Morgan fingerprint density at radius 3 is 2.43 bits per heavy atom. The average Bonchev–Trinajstić information content (AvgIpc) is 2.45. The fourth-order valence-corrected chi connectivity index (χ4v) is 2.26. The number of hydrogen-bond acceptors (Lipinski definition) is 2. The number of methoxy groups -OCH3 is 1. The number of amides is 1. The molecule has 2 rings (SSSR count). The van der Waals surface area contributed by atoms with E-state index in [-0.39, 0.29) is 11.7 Å². The summed E-state index contributed by atoms with van der Waals surface area (Å²) in [5, 5.41) is 2.83. The molecule has 1 amide bonds. The maximum atomic E-state index is 13.2. The summed E-state index contributed by atoms with van der Waals surface area (Å²) in [4.78, 5) is 12.2. The number of carbonyl (C=O) groups is 1. The lowest BCUT2D eigenvalue weighted by molar-refractivity contribution is 0.102. The maximum absolute atomic E-state index is 13.2. The van der Waals surface area contributed by atoms with E-state index in [1.54, 1.807) is 14.0 Å². The highest BCUT2D eigenvalue weighted by Gasteiger charge is 2.12. The second kappa shape index (κ2) is 5.95. The standard InChI is InChI=1S/C17H18FNO2/c1-10-5-8-15(12(3)16(10)21-4)19-17(20)13-6-7-14(18)11(2)9-13/h5-9H,1-4H3,(H,19,20). The van der Waals surface area contributed by atoms with Gasteiger partial charge in [0.15, 0.2) is 0 Å². The predicted molar refractivity (Wildman–Crippen MR) is 81.6 cm³/mol. The molecule has 2 aromatic rings. The molecule has 0 aliphatic carbocycles. The van der Waals surface area contributed by atoms with E-state index in [4.69, 9.17) is 4.74 Å². The zero-order valence-corrected chi connectivity index (χ0v) is 12.6. The van der Waals surface area contributed by atoms with E-state index in [2.05, 4.69) is 5.32 Å². The number of rotatable bonds is 3. The molecule has 0 saturated carbocycles. The van der Waals surface area contributed by atoms with Gasteiger partial charge in [-0.3, -0.25) is 4.79 Å². The SMILES string of the molecule is COc1c(C)ccc(NC(=O)c2ccc(F)c(C)c2)c1C. The highest BCUT2D eigenvalue weighted by molar-refractivity contribution is 6.04. The van der Waals surface area contributed by atoms with Crippen molar-refractivity contribution >= 4 is 11.6 Å². The van der Waals surface area contributed by atoms with Gasteiger partial charge in [-0.05, 0) is 56.2 Å². The second-order valence-electron chi connectivity index (χ2n) is 5.01. The average molecular weight is 287 g/mol. The lowest BCUT2D eigenvalue weighted by Crippen LogP contribution is -2.13. The fraction of sp³-hybridized carbons (Fsp3) is 0.235. The summed E-state index contributed by atoms with van der Waals surface area (Å²) in [6.07, 6.45) is 0. The van der Waals surface area contributed by atoms with Gasteiger partial charge in [-0.25, -0.2) is 4.39 Å². The van der Waals surface area contributed by atoms with Gasteiger partial charge in [0.2, 0.25) is 0 Å². The van der Waals surface area contributed by atoms with Crippen LogP contribution in [-0.4, -0.2) is 13.0 Å². The molecule has 0 unspecified atom stereocenters. The van der Waals surface area contributed by atoms with Crippen molar-refractivity contribution in [1.82, 2.24) is 0 Å². The Bertz CT molecular complexity index is 695. The molecule has 21 heavy (non-hydrogen) atoms. The van der Waals surface area contributed by atoms with Crippen LogP contribution in [0, 0.1) is 26.6 Å². The predicted octanol–water partition coefficient (Wildman–Crippen LogP) is 4.01. The molecule has 0 aliphatic heterocycles. The smallest absolute Gasteiger partial charge is 0.255 e. The Hall–Kier alpha value is -2.36. The van der Waals surface area contributed by atoms with Crippen LogP contribution in [0.15, 0.2) is 30.3 Å². The molecule has 0 aliphatic rings. The molecule has 0 spiro atoms. The molecule has 2 aromatic carbocycles. The normalized spacial score (nSPS) is 10.3. The van der Waals surface area contributed by atoms with Crippen LogP contribution < -0.4 is 10.1 Å². The first-order chi connectivity index (χ1) is 9.93. The monoisotopic (exact) mass is 287 g/mol. The van der Waals surface area contributed by atoms with Crippen LogP contribution in [-0.2, 0) is 0 Å². The van der Waals surface area contributed by atoms with Gasteiger partial charge in [-0.1, -0.05) is 6.07 Å². The van der Waals surface area contributed by atoms with E-state index in [1.807, 2.05) is 26.0 Å². The van der Waals surface area contributed by atoms with E-state index in [0.717, 1.165) is 16.9 Å². The van der Waals surface area contributed by atoms with Gasteiger partial charge >= 0.3 is 0 Å². The molecular weight excluding hydrogens is 269 g/mol. The third kappa shape index (κ3) is 3.05. The van der Waals surface area contributed by atoms with E-state index in [9.17, 15) is 9.18 Å². The molecule has 0 aromatic heterocycles. The first kappa shape index (κ1) is 15.0. The van der Waals surface area contributed by atoms with Crippen LogP contribution >= 0.6 is 0 Å². The number of anilines is 1.